The summed E-state index contributed by atoms with van der Waals surface area (Å²) in [6.45, 7) is 3.26. The maximum absolute atomic E-state index is 11.5. The number of fused-ring (bicyclic) bond motifs is 2. The second-order valence-electron chi connectivity index (χ2n) is 8.77. The molecule has 3 heterocycles. The monoisotopic (exact) mass is 425 g/mol. The van der Waals surface area contributed by atoms with Crippen LogP contribution in [-0.4, -0.2) is 40.4 Å². The molecule has 0 bridgehead atoms. The van der Waals surface area contributed by atoms with Gasteiger partial charge in [-0.15, -0.1) is 0 Å². The van der Waals surface area contributed by atoms with Gasteiger partial charge in [-0.2, -0.15) is 5.26 Å². The zero-order chi connectivity index (χ0) is 22.1. The number of hydrogen-bond donors (Lipinski definition) is 3. The van der Waals surface area contributed by atoms with Crippen molar-refractivity contribution in [3.05, 3.63) is 71.0 Å². The second-order valence-corrected chi connectivity index (χ2v) is 8.77. The van der Waals surface area contributed by atoms with Gasteiger partial charge in [-0.25, -0.2) is 0 Å². The van der Waals surface area contributed by atoms with Crippen molar-refractivity contribution < 1.29 is 4.79 Å². The fraction of sp³-hybridized carbons (Fsp3) is 0.308. The van der Waals surface area contributed by atoms with E-state index in [0.29, 0.717) is 11.5 Å². The molecule has 0 saturated carbocycles. The minimum atomic E-state index is -0.388. The molecule has 0 atom stereocenters. The van der Waals surface area contributed by atoms with E-state index >= 15 is 0 Å². The molecule has 32 heavy (non-hydrogen) atoms. The van der Waals surface area contributed by atoms with Crippen LogP contribution >= 0.6 is 0 Å². The molecule has 6 nitrogen and oxygen atoms in total. The molecule has 0 radical (unpaired) electrons. The number of primary amides is 1. The van der Waals surface area contributed by atoms with Crippen LogP contribution in [0.15, 0.2) is 48.8 Å². The first-order valence-corrected chi connectivity index (χ1v) is 11.3. The van der Waals surface area contributed by atoms with Crippen LogP contribution in [0.2, 0.25) is 0 Å². The highest BCUT2D eigenvalue weighted by Gasteiger charge is 2.22. The molecule has 2 aromatic heterocycles. The lowest BCUT2D eigenvalue weighted by atomic mass is 9.89. The number of benzene rings is 2. The number of carbonyl (C=O) groups excluding carboxylic acids is 1. The standard InChI is InChI=1S/C26H27N5O/c27-14-17-3-5-25-22(12-17)23(16-30-25)18-7-10-31(11-8-18)9-1-2-20-15-29-24-6-4-19(26(28)32)13-21(20)24/h3-6,12-13,15-16,18,29-30H,1-2,7-11H2,(H2,28,32). The van der Waals surface area contributed by atoms with Gasteiger partial charge in [0.25, 0.3) is 0 Å². The first kappa shape index (κ1) is 20.3. The van der Waals surface area contributed by atoms with Gasteiger partial charge < -0.3 is 20.6 Å². The summed E-state index contributed by atoms with van der Waals surface area (Å²) >= 11 is 0. The van der Waals surface area contributed by atoms with Crippen molar-refractivity contribution in [2.45, 2.75) is 31.6 Å². The molecule has 1 aliphatic heterocycles. The van der Waals surface area contributed by atoms with Gasteiger partial charge in [0.1, 0.15) is 0 Å². The molecule has 1 fully saturated rings. The van der Waals surface area contributed by atoms with Crippen molar-refractivity contribution in [1.29, 1.82) is 5.26 Å². The van der Waals surface area contributed by atoms with Gasteiger partial charge in [0.05, 0.1) is 11.6 Å². The van der Waals surface area contributed by atoms with Crippen molar-refractivity contribution in [2.75, 3.05) is 19.6 Å². The first-order valence-electron chi connectivity index (χ1n) is 11.3. The summed E-state index contributed by atoms with van der Waals surface area (Å²) in [5, 5.41) is 11.5. The van der Waals surface area contributed by atoms with E-state index in [1.54, 1.807) is 6.07 Å². The third kappa shape index (κ3) is 3.88. The number of likely N-dealkylation sites (tertiary alicyclic amines) is 1. The number of aromatic nitrogens is 2. The first-order chi connectivity index (χ1) is 15.6. The number of aromatic amines is 2. The summed E-state index contributed by atoms with van der Waals surface area (Å²) in [5.74, 6) is 0.149. The Morgan fingerprint density at radius 1 is 1.06 bits per heavy atom. The van der Waals surface area contributed by atoms with Crippen LogP contribution in [-0.2, 0) is 6.42 Å². The number of amides is 1. The smallest absolute Gasteiger partial charge is 0.248 e. The molecule has 0 spiro atoms. The Hall–Kier alpha value is -3.56. The van der Waals surface area contributed by atoms with Gasteiger partial charge >= 0.3 is 0 Å². The quantitative estimate of drug-likeness (QED) is 0.426. The Labute approximate surface area is 187 Å². The van der Waals surface area contributed by atoms with Crippen molar-refractivity contribution in [3.63, 3.8) is 0 Å². The maximum atomic E-state index is 11.5. The number of aryl methyl sites for hydroxylation is 1. The number of carbonyl (C=O) groups is 1. The van der Waals surface area contributed by atoms with E-state index < -0.39 is 0 Å². The summed E-state index contributed by atoms with van der Waals surface area (Å²) in [7, 11) is 0. The van der Waals surface area contributed by atoms with Gasteiger partial charge in [0.2, 0.25) is 5.91 Å². The summed E-state index contributed by atoms with van der Waals surface area (Å²) in [4.78, 5) is 20.7. The number of nitrogens with two attached hydrogens (primary N) is 1. The molecule has 5 rings (SSSR count). The molecule has 1 saturated heterocycles. The van der Waals surface area contributed by atoms with E-state index in [4.69, 9.17) is 5.73 Å². The van der Waals surface area contributed by atoms with Crippen LogP contribution in [0.1, 0.15) is 52.2 Å². The van der Waals surface area contributed by atoms with E-state index in [2.05, 4.69) is 27.1 Å². The van der Waals surface area contributed by atoms with Crippen LogP contribution in [0.4, 0.5) is 0 Å². The van der Waals surface area contributed by atoms with Gasteiger partial charge in [-0.05, 0) is 98.8 Å². The normalized spacial score (nSPS) is 15.3. The zero-order valence-corrected chi connectivity index (χ0v) is 18.0. The van der Waals surface area contributed by atoms with Crippen LogP contribution < -0.4 is 5.73 Å². The number of nitriles is 1. The predicted molar refractivity (Wildman–Crippen MR) is 127 cm³/mol. The minimum absolute atomic E-state index is 0.388. The lowest BCUT2D eigenvalue weighted by Crippen LogP contribution is -2.33. The molecule has 2 aromatic carbocycles. The van der Waals surface area contributed by atoms with E-state index in [-0.39, 0.29) is 5.91 Å². The van der Waals surface area contributed by atoms with Gasteiger partial charge in [-0.1, -0.05) is 0 Å². The van der Waals surface area contributed by atoms with Crippen LogP contribution in [0.5, 0.6) is 0 Å². The Kier molecular flexibility index (Phi) is 5.42. The molecule has 4 aromatic rings. The van der Waals surface area contributed by atoms with E-state index in [9.17, 15) is 10.1 Å². The van der Waals surface area contributed by atoms with Crippen molar-refractivity contribution in [2.24, 2.45) is 5.73 Å². The highest BCUT2D eigenvalue weighted by molar-refractivity contribution is 5.97. The number of H-pyrrole nitrogens is 2. The number of rotatable bonds is 6. The third-order valence-corrected chi connectivity index (χ3v) is 6.84. The van der Waals surface area contributed by atoms with E-state index in [0.717, 1.165) is 67.3 Å². The largest absolute Gasteiger partial charge is 0.366 e. The Balaban J connectivity index is 1.18. The molecule has 6 heteroatoms. The topological polar surface area (TPSA) is 102 Å². The highest BCUT2D eigenvalue weighted by atomic mass is 16.1. The zero-order valence-electron chi connectivity index (χ0n) is 18.0. The van der Waals surface area contributed by atoms with Gasteiger partial charge in [-0.3, -0.25) is 4.79 Å². The van der Waals surface area contributed by atoms with Crippen LogP contribution in [0.25, 0.3) is 21.8 Å². The summed E-state index contributed by atoms with van der Waals surface area (Å²) in [6.07, 6.45) is 8.51. The summed E-state index contributed by atoms with van der Waals surface area (Å²) < 4.78 is 0. The average molecular weight is 426 g/mol. The van der Waals surface area contributed by atoms with Crippen LogP contribution in [0.3, 0.4) is 0 Å². The summed E-state index contributed by atoms with van der Waals surface area (Å²) in [6, 6.07) is 13.7. The highest BCUT2D eigenvalue weighted by Crippen LogP contribution is 2.33. The van der Waals surface area contributed by atoms with E-state index in [1.807, 2.05) is 36.5 Å². The maximum Gasteiger partial charge on any atom is 0.248 e. The van der Waals surface area contributed by atoms with Crippen LogP contribution in [0, 0.1) is 11.3 Å². The minimum Gasteiger partial charge on any atom is -0.366 e. The van der Waals surface area contributed by atoms with Gasteiger partial charge in [0, 0.05) is 39.8 Å². The molecule has 0 aliphatic carbocycles. The number of nitrogens with one attached hydrogen (secondary N) is 2. The van der Waals surface area contributed by atoms with E-state index in [1.165, 1.54) is 16.5 Å². The Bertz CT molecular complexity index is 1320. The molecule has 0 unspecified atom stereocenters. The molecule has 1 amide bonds. The lowest BCUT2D eigenvalue weighted by Gasteiger charge is -2.32. The molecular weight excluding hydrogens is 398 g/mol. The van der Waals surface area contributed by atoms with Crippen molar-refractivity contribution in [3.8, 4) is 6.07 Å². The lowest BCUT2D eigenvalue weighted by molar-refractivity contribution is 0.100. The SMILES string of the molecule is N#Cc1ccc2[nH]cc(C3CCN(CCCc4c[nH]c5ccc(C(N)=O)cc45)CC3)c2c1. The fourth-order valence-electron chi connectivity index (χ4n) is 5.05. The number of piperidine rings is 1. The number of hydrogen-bond acceptors (Lipinski definition) is 3. The number of nitrogens with zero attached hydrogens (tertiary/aromatic N) is 2. The average Bonchev–Trinajstić information content (AvgIpc) is 3.43. The third-order valence-electron chi connectivity index (χ3n) is 6.84. The van der Waals surface area contributed by atoms with Gasteiger partial charge in [0.15, 0.2) is 0 Å². The predicted octanol–water partition coefficient (Wildman–Crippen LogP) is 4.43. The Morgan fingerprint density at radius 3 is 2.59 bits per heavy atom. The second kappa shape index (κ2) is 8.52. The fourth-order valence-corrected chi connectivity index (χ4v) is 5.05. The molecular formula is C26H27N5O. The molecule has 4 N–H and O–H groups in total. The van der Waals surface area contributed by atoms with Crippen molar-refractivity contribution >= 4 is 27.7 Å². The molecule has 162 valence electrons. The summed E-state index contributed by atoms with van der Waals surface area (Å²) in [5.41, 5.74) is 11.5. The van der Waals surface area contributed by atoms with Crippen molar-refractivity contribution in [1.82, 2.24) is 14.9 Å². The molecule has 1 aliphatic rings. The Morgan fingerprint density at radius 2 is 1.81 bits per heavy atom.